The minimum absolute atomic E-state index is 0.300. The average molecular weight is 318 g/mol. The molecule has 2 heterocycles. The third kappa shape index (κ3) is 2.55. The highest BCUT2D eigenvalue weighted by molar-refractivity contribution is 6.31. The summed E-state index contributed by atoms with van der Waals surface area (Å²) in [4.78, 5) is 16.8. The maximum absolute atomic E-state index is 13.4. The van der Waals surface area contributed by atoms with Crippen LogP contribution in [0.4, 0.5) is 10.1 Å². The third-order valence-electron chi connectivity index (χ3n) is 3.42. The Morgan fingerprint density at radius 1 is 1.27 bits per heavy atom. The van der Waals surface area contributed by atoms with Crippen LogP contribution in [0.15, 0.2) is 36.5 Å². The Labute approximate surface area is 131 Å². The molecule has 0 aliphatic carbocycles. The van der Waals surface area contributed by atoms with Crippen molar-refractivity contribution >= 4 is 28.8 Å². The number of benzene rings is 1. The molecule has 0 spiro atoms. The Hall–Kier alpha value is -2.40. The van der Waals surface area contributed by atoms with Crippen LogP contribution >= 0.6 is 11.6 Å². The Bertz CT molecular complexity index is 888. The van der Waals surface area contributed by atoms with Crippen LogP contribution in [0, 0.1) is 19.7 Å². The molecule has 0 radical (unpaired) electrons. The molecular weight excluding hydrogens is 305 g/mol. The normalized spacial score (nSPS) is 10.9. The fourth-order valence-corrected chi connectivity index (χ4v) is 2.49. The first-order valence-electron chi connectivity index (χ1n) is 6.67. The van der Waals surface area contributed by atoms with Crippen LogP contribution in [0.3, 0.4) is 0 Å². The number of fused-ring (bicyclic) bond motifs is 1. The van der Waals surface area contributed by atoms with Gasteiger partial charge in [0.25, 0.3) is 5.91 Å². The van der Waals surface area contributed by atoms with E-state index in [-0.39, 0.29) is 5.91 Å². The lowest BCUT2D eigenvalue weighted by Gasteiger charge is -2.09. The number of rotatable bonds is 2. The molecule has 0 atom stereocenters. The van der Waals surface area contributed by atoms with Gasteiger partial charge in [-0.15, -0.1) is 0 Å². The predicted molar refractivity (Wildman–Crippen MR) is 84.0 cm³/mol. The zero-order valence-corrected chi connectivity index (χ0v) is 12.8. The summed E-state index contributed by atoms with van der Waals surface area (Å²) in [5.74, 6) is -0.793. The van der Waals surface area contributed by atoms with E-state index in [0.29, 0.717) is 27.7 Å². The molecule has 0 fully saturated rings. The van der Waals surface area contributed by atoms with E-state index in [0.717, 1.165) is 5.56 Å². The molecule has 1 aromatic carbocycles. The van der Waals surface area contributed by atoms with Gasteiger partial charge in [0.15, 0.2) is 0 Å². The predicted octanol–water partition coefficient (Wildman–Crippen LogP) is 4.00. The van der Waals surface area contributed by atoms with Gasteiger partial charge >= 0.3 is 0 Å². The number of anilines is 1. The molecule has 1 N–H and O–H groups in total. The van der Waals surface area contributed by atoms with Crippen molar-refractivity contribution in [3.63, 3.8) is 0 Å². The summed E-state index contributed by atoms with van der Waals surface area (Å²) in [5, 5.41) is 3.33. The Morgan fingerprint density at radius 2 is 2.05 bits per heavy atom. The molecule has 1 amide bonds. The minimum Gasteiger partial charge on any atom is -0.320 e. The van der Waals surface area contributed by atoms with Gasteiger partial charge in [-0.2, -0.15) is 0 Å². The van der Waals surface area contributed by atoms with Gasteiger partial charge in [-0.25, -0.2) is 9.37 Å². The second-order valence-corrected chi connectivity index (χ2v) is 5.47. The maximum atomic E-state index is 13.4. The Kier molecular flexibility index (Phi) is 3.58. The van der Waals surface area contributed by atoms with Crippen LogP contribution < -0.4 is 5.32 Å². The van der Waals surface area contributed by atoms with Gasteiger partial charge in [-0.1, -0.05) is 17.7 Å². The summed E-state index contributed by atoms with van der Waals surface area (Å²) in [6.07, 6.45) is 1.25. The lowest BCUT2D eigenvalue weighted by atomic mass is 10.2. The van der Waals surface area contributed by atoms with Crippen LogP contribution in [-0.4, -0.2) is 15.3 Å². The van der Waals surface area contributed by atoms with Gasteiger partial charge < -0.3 is 5.32 Å². The molecule has 2 aromatic heterocycles. The number of carbonyl (C=O) groups is 1. The van der Waals surface area contributed by atoms with E-state index in [9.17, 15) is 9.18 Å². The number of imidazole rings is 1. The van der Waals surface area contributed by atoms with Crippen molar-refractivity contribution < 1.29 is 9.18 Å². The van der Waals surface area contributed by atoms with Crippen molar-refractivity contribution in [3.8, 4) is 0 Å². The number of amides is 1. The monoisotopic (exact) mass is 317 g/mol. The molecule has 0 unspecified atom stereocenters. The van der Waals surface area contributed by atoms with Gasteiger partial charge in [0, 0.05) is 16.9 Å². The first kappa shape index (κ1) is 14.5. The molecule has 0 aliphatic rings. The number of hydrogen-bond acceptors (Lipinski definition) is 2. The second kappa shape index (κ2) is 5.42. The van der Waals surface area contributed by atoms with E-state index in [2.05, 4.69) is 10.3 Å². The number of nitrogens with zero attached hydrogens (tertiary/aromatic N) is 2. The summed E-state index contributed by atoms with van der Waals surface area (Å²) < 4.78 is 14.9. The van der Waals surface area contributed by atoms with E-state index in [4.69, 9.17) is 11.6 Å². The van der Waals surface area contributed by atoms with Crippen molar-refractivity contribution in [2.45, 2.75) is 13.8 Å². The fourth-order valence-electron chi connectivity index (χ4n) is 2.32. The van der Waals surface area contributed by atoms with Gasteiger partial charge in [0.1, 0.15) is 17.2 Å². The summed E-state index contributed by atoms with van der Waals surface area (Å²) in [7, 11) is 0. The highest BCUT2D eigenvalue weighted by atomic mass is 35.5. The Balaban J connectivity index is 2.04. The smallest absolute Gasteiger partial charge is 0.274 e. The molecule has 0 saturated heterocycles. The number of pyridine rings is 1. The van der Waals surface area contributed by atoms with Crippen LogP contribution in [0.25, 0.3) is 5.65 Å². The molecule has 4 nitrogen and oxygen atoms in total. The zero-order valence-electron chi connectivity index (χ0n) is 12.0. The van der Waals surface area contributed by atoms with Crippen molar-refractivity contribution in [2.75, 3.05) is 5.32 Å². The number of aromatic nitrogens is 2. The van der Waals surface area contributed by atoms with Crippen molar-refractivity contribution in [3.05, 3.63) is 64.3 Å². The van der Waals surface area contributed by atoms with Gasteiger partial charge in [-0.05, 0) is 43.7 Å². The van der Waals surface area contributed by atoms with Crippen molar-refractivity contribution in [1.82, 2.24) is 9.38 Å². The van der Waals surface area contributed by atoms with Crippen LogP contribution in [0.5, 0.6) is 0 Å². The van der Waals surface area contributed by atoms with E-state index >= 15 is 0 Å². The number of aryl methyl sites for hydroxylation is 2. The molecule has 0 aliphatic heterocycles. The lowest BCUT2D eigenvalue weighted by Crippen LogP contribution is -2.16. The molecule has 6 heteroatoms. The molecule has 0 bridgehead atoms. The third-order valence-corrected chi connectivity index (χ3v) is 3.65. The van der Waals surface area contributed by atoms with Crippen LogP contribution in [0.1, 0.15) is 21.7 Å². The van der Waals surface area contributed by atoms with E-state index in [1.807, 2.05) is 13.0 Å². The summed E-state index contributed by atoms with van der Waals surface area (Å²) >= 11 is 5.95. The standard InChI is InChI=1S/C16H13ClFN3O/c1-9-3-4-11(17)7-13(9)20-16(22)15-10(2)19-14-6-5-12(18)8-21(14)15/h3-8H,1-2H3,(H,20,22). The zero-order chi connectivity index (χ0) is 15.9. The largest absolute Gasteiger partial charge is 0.320 e. The number of nitrogens with one attached hydrogen (secondary N) is 1. The molecule has 22 heavy (non-hydrogen) atoms. The topological polar surface area (TPSA) is 46.4 Å². The molecule has 112 valence electrons. The minimum atomic E-state index is -0.433. The average Bonchev–Trinajstić information content (AvgIpc) is 2.78. The summed E-state index contributed by atoms with van der Waals surface area (Å²) in [5.41, 5.74) is 2.85. The lowest BCUT2D eigenvalue weighted by molar-refractivity contribution is 0.102. The van der Waals surface area contributed by atoms with E-state index in [1.54, 1.807) is 19.1 Å². The fraction of sp³-hybridized carbons (Fsp3) is 0.125. The van der Waals surface area contributed by atoms with Gasteiger partial charge in [0.2, 0.25) is 0 Å². The molecule has 3 aromatic rings. The number of carbonyl (C=O) groups excluding carboxylic acids is 1. The second-order valence-electron chi connectivity index (χ2n) is 5.03. The number of halogens is 2. The first-order valence-corrected chi connectivity index (χ1v) is 7.05. The highest BCUT2D eigenvalue weighted by Crippen LogP contribution is 2.22. The summed E-state index contributed by atoms with van der Waals surface area (Å²) in [6.45, 7) is 3.58. The van der Waals surface area contributed by atoms with Crippen LogP contribution in [-0.2, 0) is 0 Å². The Morgan fingerprint density at radius 3 is 2.82 bits per heavy atom. The molecular formula is C16H13ClFN3O. The van der Waals surface area contributed by atoms with Crippen LogP contribution in [0.2, 0.25) is 5.02 Å². The van der Waals surface area contributed by atoms with Gasteiger partial charge in [0.05, 0.1) is 5.69 Å². The molecule has 3 rings (SSSR count). The van der Waals surface area contributed by atoms with E-state index < -0.39 is 5.82 Å². The molecule has 0 saturated carbocycles. The van der Waals surface area contributed by atoms with Gasteiger partial charge in [-0.3, -0.25) is 9.20 Å². The number of hydrogen-bond donors (Lipinski definition) is 1. The van der Waals surface area contributed by atoms with E-state index in [1.165, 1.54) is 22.7 Å². The summed E-state index contributed by atoms with van der Waals surface area (Å²) in [6, 6.07) is 8.09. The highest BCUT2D eigenvalue weighted by Gasteiger charge is 2.17. The van der Waals surface area contributed by atoms with Crippen molar-refractivity contribution in [1.29, 1.82) is 0 Å². The maximum Gasteiger partial charge on any atom is 0.274 e. The van der Waals surface area contributed by atoms with Crippen molar-refractivity contribution in [2.24, 2.45) is 0 Å². The quantitative estimate of drug-likeness (QED) is 0.776. The first-order chi connectivity index (χ1) is 10.5. The SMILES string of the molecule is Cc1ccc(Cl)cc1NC(=O)c1c(C)nc2ccc(F)cn12.